The zero-order valence-electron chi connectivity index (χ0n) is 12.2. The molecule has 0 saturated heterocycles. The monoisotopic (exact) mass is 300 g/mol. The highest BCUT2D eigenvalue weighted by molar-refractivity contribution is 7.98. The predicted octanol–water partition coefficient (Wildman–Crippen LogP) is 3.69. The highest BCUT2D eigenvalue weighted by Gasteiger charge is 2.22. The van der Waals surface area contributed by atoms with Gasteiger partial charge in [-0.3, -0.25) is 4.40 Å². The first-order chi connectivity index (χ1) is 10.2. The van der Waals surface area contributed by atoms with Gasteiger partial charge in [-0.2, -0.15) is 0 Å². The molecule has 21 heavy (non-hydrogen) atoms. The lowest BCUT2D eigenvalue weighted by Crippen LogP contribution is -2.10. The van der Waals surface area contributed by atoms with Crippen molar-refractivity contribution in [3.63, 3.8) is 0 Å². The summed E-state index contributed by atoms with van der Waals surface area (Å²) in [5.41, 5.74) is 2.29. The molecular formula is C16H16N2O2S. The molecule has 0 spiro atoms. The van der Waals surface area contributed by atoms with Crippen molar-refractivity contribution in [2.45, 2.75) is 18.9 Å². The molecule has 1 aromatic carbocycles. The van der Waals surface area contributed by atoms with Crippen molar-refractivity contribution in [3.8, 4) is 0 Å². The molecule has 0 atom stereocenters. The van der Waals surface area contributed by atoms with Gasteiger partial charge in [0.25, 0.3) is 0 Å². The summed E-state index contributed by atoms with van der Waals surface area (Å²) in [6, 6.07) is 10.1. The standard InChI is InChI=1S/C16H16N2O2S/c1-4-20-16(19)13-15(21-3)17-14-12-8-6-5-7-11(12)9-10(2)18(13)14/h5-9H,4H2,1-3H3. The molecule has 0 radical (unpaired) electrons. The molecule has 108 valence electrons. The summed E-state index contributed by atoms with van der Waals surface area (Å²) < 4.78 is 7.09. The lowest BCUT2D eigenvalue weighted by Gasteiger charge is -2.08. The number of carbonyl (C=O) groups excluding carboxylic acids is 1. The van der Waals surface area contributed by atoms with Crippen molar-refractivity contribution >= 4 is 34.2 Å². The van der Waals surface area contributed by atoms with Crippen LogP contribution >= 0.6 is 11.8 Å². The maximum Gasteiger partial charge on any atom is 0.358 e. The molecule has 0 aliphatic carbocycles. The Morgan fingerprint density at radius 2 is 2.14 bits per heavy atom. The van der Waals surface area contributed by atoms with E-state index in [9.17, 15) is 4.79 Å². The van der Waals surface area contributed by atoms with Gasteiger partial charge in [-0.1, -0.05) is 24.3 Å². The van der Waals surface area contributed by atoms with E-state index in [0.29, 0.717) is 17.3 Å². The van der Waals surface area contributed by atoms with Gasteiger partial charge in [0.1, 0.15) is 10.7 Å². The van der Waals surface area contributed by atoms with Crippen LogP contribution in [0.2, 0.25) is 0 Å². The fourth-order valence-corrected chi connectivity index (χ4v) is 3.11. The average Bonchev–Trinajstić information content (AvgIpc) is 2.88. The van der Waals surface area contributed by atoms with Crippen molar-refractivity contribution in [1.82, 2.24) is 9.38 Å². The van der Waals surface area contributed by atoms with Crippen LogP contribution in [0.4, 0.5) is 0 Å². The Morgan fingerprint density at radius 1 is 1.38 bits per heavy atom. The number of imidazole rings is 1. The topological polar surface area (TPSA) is 43.6 Å². The second kappa shape index (κ2) is 5.41. The van der Waals surface area contributed by atoms with E-state index in [1.807, 2.05) is 42.7 Å². The predicted molar refractivity (Wildman–Crippen MR) is 85.2 cm³/mol. The van der Waals surface area contributed by atoms with Crippen molar-refractivity contribution < 1.29 is 9.53 Å². The number of aromatic nitrogens is 2. The van der Waals surface area contributed by atoms with E-state index in [2.05, 4.69) is 17.1 Å². The number of thioether (sulfide) groups is 1. The molecule has 2 aromatic heterocycles. The SMILES string of the molecule is CCOC(=O)c1c(SC)nc2c3ccccc3cc(C)n12. The Hall–Kier alpha value is -2.01. The molecule has 0 aliphatic rings. The molecule has 0 amide bonds. The van der Waals surface area contributed by atoms with Gasteiger partial charge in [0.15, 0.2) is 5.69 Å². The fourth-order valence-electron chi connectivity index (χ4n) is 2.56. The van der Waals surface area contributed by atoms with Gasteiger partial charge >= 0.3 is 5.97 Å². The number of esters is 1. The minimum Gasteiger partial charge on any atom is -0.461 e. The van der Waals surface area contributed by atoms with E-state index in [1.54, 1.807) is 0 Å². The van der Waals surface area contributed by atoms with Crippen molar-refractivity contribution in [2.75, 3.05) is 12.9 Å². The first-order valence-electron chi connectivity index (χ1n) is 6.79. The molecule has 0 bridgehead atoms. The quantitative estimate of drug-likeness (QED) is 0.546. The van der Waals surface area contributed by atoms with Crippen molar-refractivity contribution in [3.05, 3.63) is 41.7 Å². The fraction of sp³-hybridized carbons (Fsp3) is 0.250. The zero-order chi connectivity index (χ0) is 15.0. The summed E-state index contributed by atoms with van der Waals surface area (Å²) in [6.45, 7) is 4.14. The van der Waals surface area contributed by atoms with Gasteiger partial charge in [-0.15, -0.1) is 11.8 Å². The number of benzene rings is 1. The minimum absolute atomic E-state index is 0.326. The summed E-state index contributed by atoms with van der Waals surface area (Å²) in [5.74, 6) is -0.326. The number of pyridine rings is 1. The van der Waals surface area contributed by atoms with Crippen LogP contribution in [0, 0.1) is 6.92 Å². The number of carbonyl (C=O) groups is 1. The number of hydrogen-bond donors (Lipinski definition) is 0. The second-order valence-corrected chi connectivity index (χ2v) is 5.52. The van der Waals surface area contributed by atoms with E-state index in [1.165, 1.54) is 11.8 Å². The van der Waals surface area contributed by atoms with Gasteiger partial charge < -0.3 is 4.74 Å². The molecule has 5 heteroatoms. The molecule has 0 aliphatic heterocycles. The molecule has 0 N–H and O–H groups in total. The van der Waals surface area contributed by atoms with Crippen LogP contribution in [0.15, 0.2) is 35.4 Å². The first-order valence-corrected chi connectivity index (χ1v) is 8.01. The Bertz CT molecular complexity index is 839. The maximum atomic E-state index is 12.3. The van der Waals surface area contributed by atoms with E-state index in [-0.39, 0.29) is 5.97 Å². The second-order valence-electron chi connectivity index (χ2n) is 4.72. The average molecular weight is 300 g/mol. The lowest BCUT2D eigenvalue weighted by atomic mass is 10.1. The number of fused-ring (bicyclic) bond motifs is 3. The number of rotatable bonds is 3. The maximum absolute atomic E-state index is 12.3. The van der Waals surface area contributed by atoms with Gasteiger partial charge in [-0.05, 0) is 31.6 Å². The molecule has 0 fully saturated rings. The first kappa shape index (κ1) is 13.9. The van der Waals surface area contributed by atoms with E-state index in [0.717, 1.165) is 22.1 Å². The number of aryl methyl sites for hydroxylation is 1. The van der Waals surface area contributed by atoms with Crippen molar-refractivity contribution in [2.24, 2.45) is 0 Å². The van der Waals surface area contributed by atoms with Crippen LogP contribution in [0.1, 0.15) is 23.1 Å². The summed E-state index contributed by atoms with van der Waals surface area (Å²) >= 11 is 1.46. The Balaban J connectivity index is 2.42. The number of nitrogens with zero attached hydrogens (tertiary/aromatic N) is 2. The van der Waals surface area contributed by atoms with E-state index < -0.39 is 0 Å². The zero-order valence-corrected chi connectivity index (χ0v) is 13.0. The van der Waals surface area contributed by atoms with Crippen LogP contribution in [0.3, 0.4) is 0 Å². The molecule has 3 aromatic rings. The van der Waals surface area contributed by atoms with Gasteiger partial charge in [0.2, 0.25) is 0 Å². The number of hydrogen-bond acceptors (Lipinski definition) is 4. The summed E-state index contributed by atoms with van der Waals surface area (Å²) in [6.07, 6.45) is 1.92. The summed E-state index contributed by atoms with van der Waals surface area (Å²) in [5, 5.41) is 2.86. The van der Waals surface area contributed by atoms with Gasteiger partial charge in [-0.25, -0.2) is 9.78 Å². The van der Waals surface area contributed by atoms with Crippen LogP contribution in [-0.2, 0) is 4.74 Å². The molecule has 0 unspecified atom stereocenters. The van der Waals surface area contributed by atoms with E-state index in [4.69, 9.17) is 4.74 Å². The van der Waals surface area contributed by atoms with Crippen LogP contribution in [0.5, 0.6) is 0 Å². The largest absolute Gasteiger partial charge is 0.461 e. The third-order valence-electron chi connectivity index (χ3n) is 3.43. The smallest absolute Gasteiger partial charge is 0.358 e. The van der Waals surface area contributed by atoms with Crippen molar-refractivity contribution in [1.29, 1.82) is 0 Å². The Morgan fingerprint density at radius 3 is 2.86 bits per heavy atom. The van der Waals surface area contributed by atoms with Gasteiger partial charge in [0.05, 0.1) is 6.61 Å². The third-order valence-corrected chi connectivity index (χ3v) is 4.10. The van der Waals surface area contributed by atoms with Crippen LogP contribution in [0.25, 0.3) is 16.4 Å². The minimum atomic E-state index is -0.326. The summed E-state index contributed by atoms with van der Waals surface area (Å²) in [7, 11) is 0. The molecule has 2 heterocycles. The van der Waals surface area contributed by atoms with Gasteiger partial charge in [0, 0.05) is 11.1 Å². The summed E-state index contributed by atoms with van der Waals surface area (Å²) in [4.78, 5) is 16.9. The highest BCUT2D eigenvalue weighted by Crippen LogP contribution is 2.28. The Kier molecular flexibility index (Phi) is 3.59. The normalized spacial score (nSPS) is 11.2. The molecule has 0 saturated carbocycles. The Labute approximate surface area is 127 Å². The van der Waals surface area contributed by atoms with Crippen LogP contribution in [-0.4, -0.2) is 28.2 Å². The number of ether oxygens (including phenoxy) is 1. The lowest BCUT2D eigenvalue weighted by molar-refractivity contribution is 0.0513. The molecule has 4 nitrogen and oxygen atoms in total. The molecule has 3 rings (SSSR count). The third kappa shape index (κ3) is 2.17. The molecular weight excluding hydrogens is 284 g/mol. The van der Waals surface area contributed by atoms with E-state index >= 15 is 0 Å². The highest BCUT2D eigenvalue weighted by atomic mass is 32.2. The van der Waals surface area contributed by atoms with Crippen LogP contribution < -0.4 is 0 Å².